The largest absolute Gasteiger partial charge is 0.404 e. The fraction of sp³-hybridized carbons (Fsp3) is 0.500. The molecule has 0 saturated carbocycles. The Morgan fingerprint density at radius 3 is 2.48 bits per heavy atom. The van der Waals surface area contributed by atoms with E-state index in [0.717, 1.165) is 11.4 Å². The van der Waals surface area contributed by atoms with Crippen molar-refractivity contribution in [3.8, 4) is 0 Å². The van der Waals surface area contributed by atoms with E-state index in [1.165, 1.54) is 4.68 Å². The molecule has 0 spiro atoms. The molecule has 25 heavy (non-hydrogen) atoms. The molecule has 0 bridgehead atoms. The van der Waals surface area contributed by atoms with Crippen LogP contribution in [0.2, 0.25) is 5.02 Å². The lowest BCUT2D eigenvalue weighted by molar-refractivity contribution is -0.390. The Kier molecular flexibility index (Phi) is 6.17. The number of halogens is 2. The average molecular weight is 434 g/mol. The van der Waals surface area contributed by atoms with Gasteiger partial charge in [-0.2, -0.15) is 9.78 Å². The van der Waals surface area contributed by atoms with Crippen molar-refractivity contribution in [3.63, 3.8) is 0 Å². The summed E-state index contributed by atoms with van der Waals surface area (Å²) >= 11 is 9.21. The first-order chi connectivity index (χ1) is 11.7. The standard InChI is InChI=1S/C14H18BrClN6O3/c1-8-13(16)10(3)20(18-8)6-4-5-17-11(23)7-21-9(2)12(15)14(19-21)22(24)25/h4-7H2,1-3H3,(H,17,23). The van der Waals surface area contributed by atoms with Gasteiger partial charge in [0.05, 0.1) is 27.2 Å². The number of hydrogen-bond donors (Lipinski definition) is 1. The van der Waals surface area contributed by atoms with Crippen LogP contribution in [0.4, 0.5) is 5.82 Å². The van der Waals surface area contributed by atoms with Crippen molar-refractivity contribution in [2.24, 2.45) is 0 Å². The average Bonchev–Trinajstić information content (AvgIpc) is 2.97. The van der Waals surface area contributed by atoms with E-state index in [1.807, 2.05) is 18.5 Å². The van der Waals surface area contributed by atoms with E-state index >= 15 is 0 Å². The minimum Gasteiger partial charge on any atom is -0.358 e. The molecule has 2 aromatic heterocycles. The Morgan fingerprint density at radius 1 is 1.28 bits per heavy atom. The van der Waals surface area contributed by atoms with E-state index in [2.05, 4.69) is 31.4 Å². The molecule has 2 aromatic rings. The number of hydrogen-bond acceptors (Lipinski definition) is 5. The van der Waals surface area contributed by atoms with Gasteiger partial charge in [0, 0.05) is 13.1 Å². The fourth-order valence-electron chi connectivity index (χ4n) is 2.32. The minimum absolute atomic E-state index is 0.0794. The third-order valence-electron chi connectivity index (χ3n) is 3.74. The van der Waals surface area contributed by atoms with Crippen LogP contribution in [-0.2, 0) is 17.9 Å². The molecule has 0 aromatic carbocycles. The number of amides is 1. The zero-order valence-corrected chi connectivity index (χ0v) is 16.4. The number of carbonyl (C=O) groups is 1. The molecule has 1 N–H and O–H groups in total. The normalized spacial score (nSPS) is 10.9. The predicted molar refractivity (Wildman–Crippen MR) is 95.7 cm³/mol. The first-order valence-corrected chi connectivity index (χ1v) is 8.73. The minimum atomic E-state index is -0.592. The topological polar surface area (TPSA) is 108 Å². The van der Waals surface area contributed by atoms with Crippen LogP contribution in [0.25, 0.3) is 0 Å². The first kappa shape index (κ1) is 19.4. The number of aryl methyl sites for hydroxylation is 2. The Hall–Kier alpha value is -1.94. The molecule has 0 atom stereocenters. The van der Waals surface area contributed by atoms with Crippen LogP contribution in [0, 0.1) is 30.9 Å². The van der Waals surface area contributed by atoms with Crippen LogP contribution in [0.15, 0.2) is 4.47 Å². The van der Waals surface area contributed by atoms with Gasteiger partial charge in [-0.1, -0.05) is 11.6 Å². The van der Waals surface area contributed by atoms with E-state index in [4.69, 9.17) is 11.6 Å². The van der Waals surface area contributed by atoms with Crippen molar-refractivity contribution in [2.45, 2.75) is 40.3 Å². The van der Waals surface area contributed by atoms with Crippen molar-refractivity contribution in [2.75, 3.05) is 6.54 Å². The number of carbonyl (C=O) groups excluding carboxylic acids is 1. The molecule has 9 nitrogen and oxygen atoms in total. The quantitative estimate of drug-likeness (QED) is 0.410. The molecule has 0 aliphatic heterocycles. The van der Waals surface area contributed by atoms with Crippen LogP contribution >= 0.6 is 27.5 Å². The van der Waals surface area contributed by atoms with Gasteiger partial charge in [-0.25, -0.2) is 0 Å². The predicted octanol–water partition coefficient (Wildman–Crippen LogP) is 2.54. The highest BCUT2D eigenvalue weighted by atomic mass is 79.9. The molecule has 1 amide bonds. The highest BCUT2D eigenvalue weighted by Gasteiger charge is 2.24. The monoisotopic (exact) mass is 432 g/mol. The van der Waals surface area contributed by atoms with Crippen molar-refractivity contribution in [3.05, 3.63) is 36.7 Å². The fourth-order valence-corrected chi connectivity index (χ4v) is 2.88. The highest BCUT2D eigenvalue weighted by molar-refractivity contribution is 9.10. The molecule has 0 fully saturated rings. The number of nitrogens with one attached hydrogen (secondary N) is 1. The second-order valence-corrected chi connectivity index (χ2v) is 6.72. The summed E-state index contributed by atoms with van der Waals surface area (Å²) in [5.74, 6) is -0.564. The molecular weight excluding hydrogens is 416 g/mol. The van der Waals surface area contributed by atoms with Gasteiger partial charge in [-0.3, -0.25) is 9.48 Å². The van der Waals surface area contributed by atoms with Crippen molar-refractivity contribution in [1.29, 1.82) is 0 Å². The number of aromatic nitrogens is 4. The van der Waals surface area contributed by atoms with Crippen LogP contribution in [0.3, 0.4) is 0 Å². The van der Waals surface area contributed by atoms with Crippen LogP contribution < -0.4 is 5.32 Å². The molecule has 2 rings (SSSR count). The Bertz CT molecular complexity index is 816. The molecule has 2 heterocycles. The molecule has 0 saturated heterocycles. The molecule has 0 aliphatic rings. The smallest absolute Gasteiger partial charge is 0.358 e. The summed E-state index contributed by atoms with van der Waals surface area (Å²) < 4.78 is 3.40. The van der Waals surface area contributed by atoms with Gasteiger partial charge >= 0.3 is 5.82 Å². The maximum absolute atomic E-state index is 12.0. The summed E-state index contributed by atoms with van der Waals surface area (Å²) in [6.45, 7) is 6.41. The van der Waals surface area contributed by atoms with Crippen LogP contribution in [0.1, 0.15) is 23.5 Å². The molecular formula is C14H18BrClN6O3. The lowest BCUT2D eigenvalue weighted by atomic mass is 10.3. The van der Waals surface area contributed by atoms with E-state index < -0.39 is 4.92 Å². The van der Waals surface area contributed by atoms with Crippen molar-refractivity contribution < 1.29 is 9.72 Å². The molecule has 0 radical (unpaired) electrons. The summed E-state index contributed by atoms with van der Waals surface area (Å²) in [5, 5.41) is 22.4. The summed E-state index contributed by atoms with van der Waals surface area (Å²) in [5.41, 5.74) is 2.21. The lowest BCUT2D eigenvalue weighted by Gasteiger charge is -2.06. The third-order valence-corrected chi connectivity index (χ3v) is 5.22. The van der Waals surface area contributed by atoms with E-state index in [-0.39, 0.29) is 22.7 Å². The SMILES string of the molecule is Cc1nn(CCCNC(=O)Cn2nc([N+](=O)[O-])c(Br)c2C)c(C)c1Cl. The van der Waals surface area contributed by atoms with Gasteiger partial charge in [-0.05, 0) is 48.0 Å². The van der Waals surface area contributed by atoms with Gasteiger partial charge in [0.1, 0.15) is 11.0 Å². The van der Waals surface area contributed by atoms with Gasteiger partial charge in [0.25, 0.3) is 0 Å². The summed E-state index contributed by atoms with van der Waals surface area (Å²) in [4.78, 5) is 22.3. The Labute approximate surface area is 157 Å². The maximum Gasteiger partial charge on any atom is 0.404 e. The van der Waals surface area contributed by atoms with E-state index in [1.54, 1.807) is 6.92 Å². The van der Waals surface area contributed by atoms with Crippen molar-refractivity contribution >= 4 is 39.3 Å². The number of nitrogens with zero attached hydrogens (tertiary/aromatic N) is 5. The Balaban J connectivity index is 1.84. The van der Waals surface area contributed by atoms with Gasteiger partial charge in [0.2, 0.25) is 5.91 Å². The van der Waals surface area contributed by atoms with Gasteiger partial charge < -0.3 is 15.4 Å². The highest BCUT2D eigenvalue weighted by Crippen LogP contribution is 2.26. The second kappa shape index (κ2) is 7.96. The summed E-state index contributed by atoms with van der Waals surface area (Å²) in [6, 6.07) is 0. The summed E-state index contributed by atoms with van der Waals surface area (Å²) in [6.07, 6.45) is 0.686. The maximum atomic E-state index is 12.0. The zero-order chi connectivity index (χ0) is 18.7. The van der Waals surface area contributed by atoms with Crippen LogP contribution in [-0.4, -0.2) is 36.9 Å². The molecule has 0 unspecified atom stereocenters. The number of rotatable bonds is 7. The number of nitro groups is 1. The molecule has 0 aliphatic carbocycles. The zero-order valence-electron chi connectivity index (χ0n) is 14.0. The van der Waals surface area contributed by atoms with Gasteiger partial charge in [0.15, 0.2) is 0 Å². The summed E-state index contributed by atoms with van der Waals surface area (Å²) in [7, 11) is 0. The van der Waals surface area contributed by atoms with E-state index in [0.29, 0.717) is 30.2 Å². The molecule has 11 heteroatoms. The lowest BCUT2D eigenvalue weighted by Crippen LogP contribution is -2.29. The second-order valence-electron chi connectivity index (χ2n) is 5.55. The van der Waals surface area contributed by atoms with Crippen molar-refractivity contribution in [1.82, 2.24) is 24.9 Å². The molecule has 136 valence electrons. The van der Waals surface area contributed by atoms with Gasteiger partial charge in [-0.15, -0.1) is 0 Å². The Morgan fingerprint density at radius 2 is 1.96 bits per heavy atom. The first-order valence-electron chi connectivity index (χ1n) is 7.55. The third kappa shape index (κ3) is 4.37. The van der Waals surface area contributed by atoms with E-state index in [9.17, 15) is 14.9 Å². The van der Waals surface area contributed by atoms with Crippen LogP contribution in [0.5, 0.6) is 0 Å².